The fourth-order valence-electron chi connectivity index (χ4n) is 1.55. The van der Waals surface area contributed by atoms with Crippen LogP contribution in [0.25, 0.3) is 0 Å². The van der Waals surface area contributed by atoms with E-state index in [2.05, 4.69) is 0 Å². The van der Waals surface area contributed by atoms with Gasteiger partial charge in [-0.2, -0.15) is 0 Å². The van der Waals surface area contributed by atoms with E-state index in [1.165, 1.54) is 0 Å². The molecule has 1 aliphatic rings. The third kappa shape index (κ3) is 3.02. The number of rotatable bonds is 4. The van der Waals surface area contributed by atoms with Gasteiger partial charge in [-0.25, -0.2) is 8.42 Å². The maximum atomic E-state index is 10.7. The number of halogens is 1. The Labute approximate surface area is 98.5 Å². The van der Waals surface area contributed by atoms with Gasteiger partial charge in [0, 0.05) is 10.7 Å². The standard InChI is InChI=1S/C10H11ClO4S/c11-16(12,13)5-1-2-8-3-4-9-10(6-8)15-7-14-9/h3-4,6H,1-2,5,7H2. The summed E-state index contributed by atoms with van der Waals surface area (Å²) < 4.78 is 31.9. The molecule has 0 aromatic heterocycles. The van der Waals surface area contributed by atoms with E-state index < -0.39 is 9.05 Å². The first-order valence-electron chi connectivity index (χ1n) is 4.85. The van der Waals surface area contributed by atoms with E-state index >= 15 is 0 Å². The summed E-state index contributed by atoms with van der Waals surface area (Å²) in [5.74, 6) is 1.43. The molecule has 6 heteroatoms. The van der Waals surface area contributed by atoms with E-state index in [4.69, 9.17) is 20.2 Å². The summed E-state index contributed by atoms with van der Waals surface area (Å²) >= 11 is 0. The van der Waals surface area contributed by atoms with Crippen molar-refractivity contribution in [2.75, 3.05) is 12.5 Å². The summed E-state index contributed by atoms with van der Waals surface area (Å²) in [6.45, 7) is 0.245. The second kappa shape index (κ2) is 4.51. The van der Waals surface area contributed by atoms with Crippen molar-refractivity contribution in [3.63, 3.8) is 0 Å². The number of aryl methyl sites for hydroxylation is 1. The van der Waals surface area contributed by atoms with E-state index in [0.717, 1.165) is 11.3 Å². The predicted molar refractivity (Wildman–Crippen MR) is 60.5 cm³/mol. The molecule has 0 saturated carbocycles. The van der Waals surface area contributed by atoms with Crippen LogP contribution in [0.15, 0.2) is 18.2 Å². The molecule has 88 valence electrons. The highest BCUT2D eigenvalue weighted by Gasteiger charge is 2.13. The van der Waals surface area contributed by atoms with Gasteiger partial charge < -0.3 is 9.47 Å². The molecule has 0 saturated heterocycles. The Balaban J connectivity index is 1.95. The molecule has 1 aliphatic heterocycles. The van der Waals surface area contributed by atoms with Crippen LogP contribution in [0.2, 0.25) is 0 Å². The predicted octanol–water partition coefficient (Wildman–Crippen LogP) is 1.92. The van der Waals surface area contributed by atoms with Crippen LogP contribution in [0.5, 0.6) is 11.5 Å². The number of hydrogen-bond acceptors (Lipinski definition) is 4. The van der Waals surface area contributed by atoms with E-state index in [-0.39, 0.29) is 12.5 Å². The van der Waals surface area contributed by atoms with E-state index in [1.807, 2.05) is 18.2 Å². The van der Waals surface area contributed by atoms with Crippen molar-refractivity contribution < 1.29 is 17.9 Å². The summed E-state index contributed by atoms with van der Waals surface area (Å²) in [7, 11) is 1.73. The molecule has 0 radical (unpaired) electrons. The molecule has 4 nitrogen and oxygen atoms in total. The lowest BCUT2D eigenvalue weighted by molar-refractivity contribution is 0.174. The van der Waals surface area contributed by atoms with E-state index in [0.29, 0.717) is 18.6 Å². The fourth-order valence-corrected chi connectivity index (χ4v) is 2.36. The second-order valence-corrected chi connectivity index (χ2v) is 6.43. The van der Waals surface area contributed by atoms with Gasteiger partial charge in [0.2, 0.25) is 15.8 Å². The first kappa shape index (κ1) is 11.5. The van der Waals surface area contributed by atoms with Gasteiger partial charge in [0.25, 0.3) is 0 Å². The molecular weight excluding hydrogens is 252 g/mol. The highest BCUT2D eigenvalue weighted by Crippen LogP contribution is 2.32. The van der Waals surface area contributed by atoms with Crippen LogP contribution in [0.4, 0.5) is 0 Å². The Hall–Kier alpha value is -0.940. The molecule has 0 amide bonds. The summed E-state index contributed by atoms with van der Waals surface area (Å²) in [6, 6.07) is 5.59. The molecule has 1 heterocycles. The molecule has 0 aliphatic carbocycles. The van der Waals surface area contributed by atoms with Crippen molar-refractivity contribution in [1.29, 1.82) is 0 Å². The normalized spacial score (nSPS) is 14.1. The van der Waals surface area contributed by atoms with Gasteiger partial charge in [0.05, 0.1) is 5.75 Å². The SMILES string of the molecule is O=S(=O)(Cl)CCCc1ccc2c(c1)OCO2. The molecule has 1 aromatic rings. The van der Waals surface area contributed by atoms with Crippen LogP contribution in [-0.4, -0.2) is 21.0 Å². The largest absolute Gasteiger partial charge is 0.454 e. The maximum Gasteiger partial charge on any atom is 0.232 e. The summed E-state index contributed by atoms with van der Waals surface area (Å²) in [5.41, 5.74) is 1.02. The van der Waals surface area contributed by atoms with Crippen LogP contribution in [0, 0.1) is 0 Å². The zero-order valence-electron chi connectivity index (χ0n) is 8.48. The number of hydrogen-bond donors (Lipinski definition) is 0. The van der Waals surface area contributed by atoms with Gasteiger partial charge in [-0.1, -0.05) is 6.07 Å². The highest BCUT2D eigenvalue weighted by molar-refractivity contribution is 8.13. The Kier molecular flexibility index (Phi) is 3.25. The topological polar surface area (TPSA) is 52.6 Å². The lowest BCUT2D eigenvalue weighted by Crippen LogP contribution is -1.98. The van der Waals surface area contributed by atoms with Gasteiger partial charge >= 0.3 is 0 Å². The number of benzene rings is 1. The Morgan fingerprint density at radius 1 is 1.25 bits per heavy atom. The zero-order chi connectivity index (χ0) is 11.6. The van der Waals surface area contributed by atoms with Crippen LogP contribution >= 0.6 is 10.7 Å². The van der Waals surface area contributed by atoms with Crippen molar-refractivity contribution in [3.05, 3.63) is 23.8 Å². The molecule has 0 unspecified atom stereocenters. The van der Waals surface area contributed by atoms with Crippen molar-refractivity contribution in [2.45, 2.75) is 12.8 Å². The molecule has 2 rings (SSSR count). The van der Waals surface area contributed by atoms with E-state index in [9.17, 15) is 8.42 Å². The van der Waals surface area contributed by atoms with Gasteiger partial charge in [0.15, 0.2) is 11.5 Å². The van der Waals surface area contributed by atoms with E-state index in [1.54, 1.807) is 0 Å². The molecule has 0 bridgehead atoms. The Morgan fingerprint density at radius 2 is 2.00 bits per heavy atom. The van der Waals surface area contributed by atoms with Crippen LogP contribution in [0.1, 0.15) is 12.0 Å². The van der Waals surface area contributed by atoms with Crippen molar-refractivity contribution in [2.24, 2.45) is 0 Å². The molecule has 16 heavy (non-hydrogen) atoms. The summed E-state index contributed by atoms with van der Waals surface area (Å²) in [4.78, 5) is 0. The lowest BCUT2D eigenvalue weighted by Gasteiger charge is -2.01. The molecular formula is C10H11ClO4S. The van der Waals surface area contributed by atoms with Gasteiger partial charge in [-0.3, -0.25) is 0 Å². The Morgan fingerprint density at radius 3 is 2.75 bits per heavy atom. The molecule has 0 fully saturated rings. The highest BCUT2D eigenvalue weighted by atomic mass is 35.7. The first-order valence-corrected chi connectivity index (χ1v) is 7.33. The fraction of sp³-hybridized carbons (Fsp3) is 0.400. The number of fused-ring (bicyclic) bond motifs is 1. The lowest BCUT2D eigenvalue weighted by atomic mass is 10.1. The minimum Gasteiger partial charge on any atom is -0.454 e. The quantitative estimate of drug-likeness (QED) is 0.778. The zero-order valence-corrected chi connectivity index (χ0v) is 10.1. The molecule has 0 atom stereocenters. The minimum atomic E-state index is -3.39. The van der Waals surface area contributed by atoms with Crippen molar-refractivity contribution in [1.82, 2.24) is 0 Å². The smallest absolute Gasteiger partial charge is 0.232 e. The second-order valence-electron chi connectivity index (χ2n) is 3.53. The van der Waals surface area contributed by atoms with Crippen molar-refractivity contribution >= 4 is 19.7 Å². The monoisotopic (exact) mass is 262 g/mol. The molecule has 1 aromatic carbocycles. The van der Waals surface area contributed by atoms with Crippen LogP contribution in [0.3, 0.4) is 0 Å². The molecule has 0 spiro atoms. The average Bonchev–Trinajstić information content (AvgIpc) is 2.62. The number of ether oxygens (including phenoxy) is 2. The minimum absolute atomic E-state index is 0.0109. The summed E-state index contributed by atoms with van der Waals surface area (Å²) in [6.07, 6.45) is 1.16. The summed E-state index contributed by atoms with van der Waals surface area (Å²) in [5, 5.41) is 0. The van der Waals surface area contributed by atoms with Crippen LogP contribution < -0.4 is 9.47 Å². The van der Waals surface area contributed by atoms with Gasteiger partial charge in [0.1, 0.15) is 0 Å². The van der Waals surface area contributed by atoms with Crippen molar-refractivity contribution in [3.8, 4) is 11.5 Å². The Bertz CT molecular complexity index is 484. The maximum absolute atomic E-state index is 10.7. The van der Waals surface area contributed by atoms with Gasteiger partial charge in [-0.15, -0.1) is 0 Å². The molecule has 0 N–H and O–H groups in total. The third-order valence-electron chi connectivity index (χ3n) is 2.29. The van der Waals surface area contributed by atoms with Gasteiger partial charge in [-0.05, 0) is 30.5 Å². The average molecular weight is 263 g/mol. The third-order valence-corrected chi connectivity index (χ3v) is 3.53. The first-order chi connectivity index (χ1) is 7.54. The van der Waals surface area contributed by atoms with Crippen LogP contribution in [-0.2, 0) is 15.5 Å².